The summed E-state index contributed by atoms with van der Waals surface area (Å²) < 4.78 is 0. The van der Waals surface area contributed by atoms with Gasteiger partial charge in [0.1, 0.15) is 18.1 Å². The van der Waals surface area contributed by atoms with Crippen LogP contribution in [0.15, 0.2) is 9.98 Å². The molecular formula is C16H37N9O7. The second-order valence-corrected chi connectivity index (χ2v) is 6.39. The summed E-state index contributed by atoms with van der Waals surface area (Å²) in [6.45, 7) is 2.17. The van der Waals surface area contributed by atoms with E-state index in [0.29, 0.717) is 38.8 Å². The van der Waals surface area contributed by atoms with Crippen molar-refractivity contribution in [3.8, 4) is 0 Å². The van der Waals surface area contributed by atoms with Crippen LogP contribution in [-0.4, -0.2) is 87.6 Å². The van der Waals surface area contributed by atoms with E-state index in [9.17, 15) is 14.4 Å². The van der Waals surface area contributed by atoms with E-state index in [4.69, 9.17) is 60.6 Å². The number of carboxylic acids is 3. The van der Waals surface area contributed by atoms with E-state index >= 15 is 0 Å². The van der Waals surface area contributed by atoms with Crippen LogP contribution in [-0.2, 0) is 14.4 Å². The van der Waals surface area contributed by atoms with Gasteiger partial charge in [-0.2, -0.15) is 0 Å². The number of aliphatic hydroxyl groups excluding tert-OH is 1. The van der Waals surface area contributed by atoms with Gasteiger partial charge >= 0.3 is 17.9 Å². The molecule has 0 bridgehead atoms. The molecule has 0 saturated carbocycles. The smallest absolute Gasteiger partial charge is 0.323 e. The van der Waals surface area contributed by atoms with Crippen LogP contribution in [0.1, 0.15) is 32.6 Å². The summed E-state index contributed by atoms with van der Waals surface area (Å²) in [5.74, 6) is -3.16. The van der Waals surface area contributed by atoms with Crippen LogP contribution in [0.5, 0.6) is 0 Å². The quantitative estimate of drug-likeness (QED) is 0.0734. The van der Waals surface area contributed by atoms with E-state index < -0.39 is 42.1 Å². The molecule has 16 heteroatoms. The van der Waals surface area contributed by atoms with Gasteiger partial charge in [-0.15, -0.1) is 0 Å². The van der Waals surface area contributed by atoms with Gasteiger partial charge in [-0.1, -0.05) is 0 Å². The highest BCUT2D eigenvalue weighted by Gasteiger charge is 2.16. The molecule has 0 aromatic heterocycles. The first-order valence-corrected chi connectivity index (χ1v) is 9.37. The lowest BCUT2D eigenvalue weighted by Crippen LogP contribution is -2.39. The lowest BCUT2D eigenvalue weighted by atomic mass is 10.2. The summed E-state index contributed by atoms with van der Waals surface area (Å²) in [4.78, 5) is 37.6. The third kappa shape index (κ3) is 24.8. The van der Waals surface area contributed by atoms with Crippen LogP contribution < -0.4 is 40.1 Å². The molecule has 0 heterocycles. The average molecular weight is 468 g/mol. The predicted molar refractivity (Wildman–Crippen MR) is 118 cm³/mol. The van der Waals surface area contributed by atoms with Crippen molar-refractivity contribution in [2.75, 3.05) is 13.1 Å². The number of aliphatic carboxylic acids is 3. The molecule has 4 unspecified atom stereocenters. The molecule has 0 fully saturated rings. The number of hydrogen-bond donors (Lipinski definition) is 11. The van der Waals surface area contributed by atoms with Crippen molar-refractivity contribution in [3.05, 3.63) is 0 Å². The second-order valence-electron chi connectivity index (χ2n) is 6.39. The minimum Gasteiger partial charge on any atom is -0.480 e. The molecule has 0 aromatic carbocycles. The largest absolute Gasteiger partial charge is 0.480 e. The van der Waals surface area contributed by atoms with Gasteiger partial charge in [0.05, 0.1) is 6.10 Å². The Morgan fingerprint density at radius 2 is 1.03 bits per heavy atom. The Bertz CT molecular complexity index is 567. The third-order valence-electron chi connectivity index (χ3n) is 3.37. The van der Waals surface area contributed by atoms with E-state index in [1.165, 1.54) is 6.92 Å². The highest BCUT2D eigenvalue weighted by atomic mass is 16.4. The Morgan fingerprint density at radius 3 is 1.19 bits per heavy atom. The number of aliphatic hydroxyl groups is 1. The number of carboxylic acid groups (broad SMARTS) is 3. The third-order valence-corrected chi connectivity index (χ3v) is 3.37. The first kappa shape index (κ1) is 33.4. The first-order chi connectivity index (χ1) is 14.6. The van der Waals surface area contributed by atoms with Crippen molar-refractivity contribution in [2.45, 2.75) is 56.8 Å². The maximum Gasteiger partial charge on any atom is 0.323 e. The van der Waals surface area contributed by atoms with Gasteiger partial charge in [0.15, 0.2) is 11.9 Å². The maximum atomic E-state index is 10.2. The monoisotopic (exact) mass is 467 g/mol. The number of carbonyl (C=O) groups is 3. The number of nitrogens with two attached hydrogens (primary N) is 7. The van der Waals surface area contributed by atoms with Crippen molar-refractivity contribution in [3.63, 3.8) is 0 Å². The van der Waals surface area contributed by atoms with Crippen LogP contribution >= 0.6 is 0 Å². The number of hydrogen-bond acceptors (Lipinski definition) is 9. The van der Waals surface area contributed by atoms with Crippen molar-refractivity contribution < 1.29 is 34.8 Å². The Hall–Kier alpha value is -3.21. The van der Waals surface area contributed by atoms with Crippen LogP contribution in [0.2, 0.25) is 0 Å². The van der Waals surface area contributed by atoms with Crippen LogP contribution in [0.3, 0.4) is 0 Å². The fourth-order valence-electron chi connectivity index (χ4n) is 1.49. The van der Waals surface area contributed by atoms with E-state index in [1.54, 1.807) is 0 Å². The minimum absolute atomic E-state index is 0.0129. The Balaban J connectivity index is -0.000000404. The molecule has 32 heavy (non-hydrogen) atoms. The van der Waals surface area contributed by atoms with Gasteiger partial charge in [-0.25, -0.2) is 0 Å². The fourth-order valence-corrected chi connectivity index (χ4v) is 1.49. The molecule has 0 aliphatic heterocycles. The molecule has 0 aliphatic rings. The van der Waals surface area contributed by atoms with Gasteiger partial charge in [0.25, 0.3) is 0 Å². The van der Waals surface area contributed by atoms with E-state index in [-0.39, 0.29) is 11.9 Å². The molecule has 0 amide bonds. The van der Waals surface area contributed by atoms with Crippen molar-refractivity contribution in [1.29, 1.82) is 0 Å². The van der Waals surface area contributed by atoms with Crippen molar-refractivity contribution in [2.24, 2.45) is 50.1 Å². The summed E-state index contributed by atoms with van der Waals surface area (Å²) in [6, 6.07) is -2.80. The minimum atomic E-state index is -1.18. The van der Waals surface area contributed by atoms with E-state index in [1.807, 2.05) is 0 Å². The first-order valence-electron chi connectivity index (χ1n) is 9.37. The van der Waals surface area contributed by atoms with Crippen molar-refractivity contribution in [1.82, 2.24) is 0 Å². The Morgan fingerprint density at radius 1 is 0.719 bits per heavy atom. The highest BCUT2D eigenvalue weighted by molar-refractivity contribution is 5.76. The predicted octanol–water partition coefficient (Wildman–Crippen LogP) is -4.32. The molecule has 188 valence electrons. The maximum absolute atomic E-state index is 10.2. The number of rotatable bonds is 12. The van der Waals surface area contributed by atoms with Crippen LogP contribution in [0.25, 0.3) is 0 Å². The molecule has 0 aliphatic carbocycles. The number of aliphatic imine (C=N–C) groups is 2. The Labute approximate surface area is 185 Å². The topological polar surface area (TPSA) is 339 Å². The van der Waals surface area contributed by atoms with E-state index in [2.05, 4.69) is 9.98 Å². The summed E-state index contributed by atoms with van der Waals surface area (Å²) >= 11 is 0. The highest BCUT2D eigenvalue weighted by Crippen LogP contribution is 1.95. The zero-order valence-corrected chi connectivity index (χ0v) is 18.0. The normalized spacial score (nSPS) is 13.4. The molecule has 0 radical (unpaired) electrons. The van der Waals surface area contributed by atoms with E-state index in [0.717, 1.165) is 0 Å². The average Bonchev–Trinajstić information content (AvgIpc) is 2.67. The molecule has 0 aromatic rings. The molecular weight excluding hydrogens is 430 g/mol. The molecule has 16 nitrogen and oxygen atoms in total. The van der Waals surface area contributed by atoms with Crippen molar-refractivity contribution >= 4 is 29.8 Å². The molecule has 0 rings (SSSR count). The number of nitrogens with zero attached hydrogens (tertiary/aromatic N) is 2. The van der Waals surface area contributed by atoms with Gasteiger partial charge in [-0.05, 0) is 32.6 Å². The number of guanidine groups is 2. The van der Waals surface area contributed by atoms with Gasteiger partial charge in [0, 0.05) is 13.1 Å². The zero-order chi connectivity index (χ0) is 25.9. The summed E-state index contributed by atoms with van der Waals surface area (Å²) in [5.41, 5.74) is 35.6. The summed E-state index contributed by atoms with van der Waals surface area (Å²) in [5, 5.41) is 33.3. The zero-order valence-electron chi connectivity index (χ0n) is 18.0. The molecule has 0 saturated heterocycles. The fraction of sp³-hybridized carbons (Fsp3) is 0.688. The van der Waals surface area contributed by atoms with Crippen LogP contribution in [0.4, 0.5) is 0 Å². The standard InChI is InChI=1S/2C6H14N4O2.C4H9NO3/c2*7-4(5(11)12)2-1-3-10-6(8)9;1-2(6)3(5)4(7)8/h2*4H,1-3,7H2,(H,11,12)(H4,8,9,10);2-3,6H,5H2,1H3,(H,7,8). The second kappa shape index (κ2) is 19.7. The lowest BCUT2D eigenvalue weighted by Gasteiger charge is -2.06. The lowest BCUT2D eigenvalue weighted by molar-refractivity contribution is -0.141. The SMILES string of the molecule is CC(O)C(N)C(=O)O.NC(N)=NCCCC(N)C(=O)O.NC(N)=NCCCC(N)C(=O)O. The molecule has 0 spiro atoms. The van der Waals surface area contributed by atoms with Crippen LogP contribution in [0, 0.1) is 0 Å². The van der Waals surface area contributed by atoms with Gasteiger partial charge in [-0.3, -0.25) is 24.4 Å². The van der Waals surface area contributed by atoms with Gasteiger partial charge < -0.3 is 60.6 Å². The molecule has 18 N–H and O–H groups in total. The summed E-state index contributed by atoms with van der Waals surface area (Å²) in [6.07, 6.45) is 0.932. The summed E-state index contributed by atoms with van der Waals surface area (Å²) in [7, 11) is 0. The van der Waals surface area contributed by atoms with Gasteiger partial charge in [0.2, 0.25) is 0 Å². The molecule has 4 atom stereocenters. The Kier molecular flexibility index (Phi) is 20.6.